The molecule has 7 nitrogen and oxygen atoms in total. The summed E-state index contributed by atoms with van der Waals surface area (Å²) in [4.78, 5) is 24.3. The Hall–Kier alpha value is -2.45. The fraction of sp³-hybridized carbons (Fsp3) is 0.368. The van der Waals surface area contributed by atoms with Crippen LogP contribution in [0.4, 0.5) is 0 Å². The lowest BCUT2D eigenvalue weighted by Crippen LogP contribution is -2.19. The van der Waals surface area contributed by atoms with Crippen LogP contribution < -0.4 is 5.14 Å². The standard InChI is InChI=1S/C19H24N2O5S/c1-5-12(2)19(23)26-11-18(22)17-10-13(3)21(14(17)4)15-6-8-16(9-7-15)27(20,24)25/h6-10,12H,5,11H2,1-4H3,(H2,20,24,25). The van der Waals surface area contributed by atoms with Crippen LogP contribution in [0.15, 0.2) is 35.2 Å². The van der Waals surface area contributed by atoms with Crippen LogP contribution in [0.1, 0.15) is 42.0 Å². The summed E-state index contributed by atoms with van der Waals surface area (Å²) >= 11 is 0. The monoisotopic (exact) mass is 392 g/mol. The molecule has 1 atom stereocenters. The predicted molar refractivity (Wildman–Crippen MR) is 101 cm³/mol. The van der Waals surface area contributed by atoms with Crippen LogP contribution in [0, 0.1) is 19.8 Å². The van der Waals surface area contributed by atoms with Crippen molar-refractivity contribution in [3.63, 3.8) is 0 Å². The molecule has 1 unspecified atom stereocenters. The van der Waals surface area contributed by atoms with Crippen LogP contribution in [0.3, 0.4) is 0 Å². The van der Waals surface area contributed by atoms with E-state index in [0.29, 0.717) is 23.4 Å². The van der Waals surface area contributed by atoms with Gasteiger partial charge >= 0.3 is 5.97 Å². The summed E-state index contributed by atoms with van der Waals surface area (Å²) < 4.78 is 29.7. The highest BCUT2D eigenvalue weighted by Crippen LogP contribution is 2.22. The van der Waals surface area contributed by atoms with Gasteiger partial charge in [0.2, 0.25) is 15.8 Å². The van der Waals surface area contributed by atoms with Gasteiger partial charge in [0, 0.05) is 22.6 Å². The third kappa shape index (κ3) is 4.64. The number of aryl methyl sites for hydroxylation is 1. The zero-order valence-electron chi connectivity index (χ0n) is 15.9. The van der Waals surface area contributed by atoms with Gasteiger partial charge in [-0.1, -0.05) is 13.8 Å². The molecular weight excluding hydrogens is 368 g/mol. The molecule has 8 heteroatoms. The van der Waals surface area contributed by atoms with Gasteiger partial charge in [-0.05, 0) is 50.6 Å². The molecule has 0 aliphatic rings. The number of esters is 1. The number of ketones is 1. The Kier molecular flexibility index (Phi) is 6.22. The number of sulfonamides is 1. The van der Waals surface area contributed by atoms with Gasteiger partial charge in [-0.15, -0.1) is 0 Å². The number of carbonyl (C=O) groups is 2. The molecule has 0 aliphatic carbocycles. The van der Waals surface area contributed by atoms with E-state index in [-0.39, 0.29) is 23.2 Å². The van der Waals surface area contributed by atoms with Crippen molar-refractivity contribution < 1.29 is 22.7 Å². The lowest BCUT2D eigenvalue weighted by atomic mass is 10.1. The molecule has 27 heavy (non-hydrogen) atoms. The van der Waals surface area contributed by atoms with E-state index in [1.54, 1.807) is 32.0 Å². The zero-order chi connectivity index (χ0) is 20.4. The van der Waals surface area contributed by atoms with Gasteiger partial charge in [0.25, 0.3) is 0 Å². The topological polar surface area (TPSA) is 108 Å². The van der Waals surface area contributed by atoms with Gasteiger partial charge < -0.3 is 9.30 Å². The molecule has 0 aliphatic heterocycles. The van der Waals surface area contributed by atoms with Crippen LogP contribution in [0.2, 0.25) is 0 Å². The Morgan fingerprint density at radius 3 is 2.30 bits per heavy atom. The molecule has 1 aromatic carbocycles. The van der Waals surface area contributed by atoms with Gasteiger partial charge in [0.15, 0.2) is 6.61 Å². The molecular formula is C19H24N2O5S. The van der Waals surface area contributed by atoms with Crippen LogP contribution in [-0.4, -0.2) is 31.3 Å². The number of Topliss-reactive ketones (excluding diaryl/α,β-unsaturated/α-hetero) is 1. The summed E-state index contributed by atoms with van der Waals surface area (Å²) in [6.07, 6.45) is 0.649. The minimum atomic E-state index is -3.77. The number of primary sulfonamides is 1. The summed E-state index contributed by atoms with van der Waals surface area (Å²) in [5.74, 6) is -0.923. The molecule has 0 bridgehead atoms. The second-order valence-electron chi connectivity index (χ2n) is 6.50. The zero-order valence-corrected chi connectivity index (χ0v) is 16.7. The van der Waals surface area contributed by atoms with Crippen molar-refractivity contribution in [3.05, 3.63) is 47.3 Å². The number of nitrogens with two attached hydrogens (primary N) is 1. The van der Waals surface area contributed by atoms with Crippen molar-refractivity contribution >= 4 is 21.8 Å². The van der Waals surface area contributed by atoms with Crippen LogP contribution >= 0.6 is 0 Å². The number of aromatic nitrogens is 1. The van der Waals surface area contributed by atoms with Crippen molar-refractivity contribution in [1.82, 2.24) is 4.57 Å². The minimum Gasteiger partial charge on any atom is -0.457 e. The summed E-state index contributed by atoms with van der Waals surface area (Å²) in [5.41, 5.74) is 2.64. The maximum atomic E-state index is 12.5. The minimum absolute atomic E-state index is 0.0157. The summed E-state index contributed by atoms with van der Waals surface area (Å²) in [5, 5.41) is 5.12. The van der Waals surface area contributed by atoms with Gasteiger partial charge in [0.05, 0.1) is 10.8 Å². The molecule has 0 radical (unpaired) electrons. The largest absolute Gasteiger partial charge is 0.457 e. The van der Waals surface area contributed by atoms with Crippen LogP contribution in [0.5, 0.6) is 0 Å². The highest BCUT2D eigenvalue weighted by Gasteiger charge is 2.20. The predicted octanol–water partition coefficient (Wildman–Crippen LogP) is 2.51. The average Bonchev–Trinajstić information content (AvgIpc) is 2.92. The van der Waals surface area contributed by atoms with Crippen molar-refractivity contribution in [2.24, 2.45) is 11.1 Å². The summed E-state index contributed by atoms with van der Waals surface area (Å²) in [7, 11) is -3.77. The number of hydrogen-bond donors (Lipinski definition) is 1. The third-order valence-electron chi connectivity index (χ3n) is 4.52. The van der Waals surface area contributed by atoms with E-state index in [1.807, 2.05) is 18.4 Å². The number of ether oxygens (including phenoxy) is 1. The molecule has 0 spiro atoms. The third-order valence-corrected chi connectivity index (χ3v) is 5.44. The smallest absolute Gasteiger partial charge is 0.309 e. The van der Waals surface area contributed by atoms with E-state index in [9.17, 15) is 18.0 Å². The number of benzene rings is 1. The van der Waals surface area contributed by atoms with Crippen molar-refractivity contribution in [3.8, 4) is 5.69 Å². The number of carbonyl (C=O) groups excluding carboxylic acids is 2. The maximum absolute atomic E-state index is 12.5. The van der Waals surface area contributed by atoms with Crippen LogP contribution in [0.25, 0.3) is 5.69 Å². The molecule has 146 valence electrons. The Labute approximate surface area is 159 Å². The molecule has 2 rings (SSSR count). The Balaban J connectivity index is 2.26. The number of rotatable bonds is 7. The van der Waals surface area contributed by atoms with Gasteiger partial charge in [-0.3, -0.25) is 9.59 Å². The first-order valence-corrected chi connectivity index (χ1v) is 10.1. The average molecular weight is 392 g/mol. The van der Waals surface area contributed by atoms with Crippen molar-refractivity contribution in [1.29, 1.82) is 0 Å². The fourth-order valence-corrected chi connectivity index (χ4v) is 3.27. The lowest BCUT2D eigenvalue weighted by molar-refractivity contribution is -0.146. The molecule has 1 heterocycles. The fourth-order valence-electron chi connectivity index (χ4n) is 2.75. The number of hydrogen-bond acceptors (Lipinski definition) is 5. The Morgan fingerprint density at radius 1 is 1.19 bits per heavy atom. The maximum Gasteiger partial charge on any atom is 0.309 e. The molecule has 1 aromatic heterocycles. The normalized spacial score (nSPS) is 12.6. The molecule has 0 fully saturated rings. The lowest BCUT2D eigenvalue weighted by Gasteiger charge is -2.11. The van der Waals surface area contributed by atoms with Crippen molar-refractivity contribution in [2.45, 2.75) is 39.0 Å². The molecule has 0 amide bonds. The van der Waals surface area contributed by atoms with E-state index in [2.05, 4.69) is 0 Å². The van der Waals surface area contributed by atoms with E-state index in [4.69, 9.17) is 9.88 Å². The first-order valence-electron chi connectivity index (χ1n) is 8.58. The SMILES string of the molecule is CCC(C)C(=O)OCC(=O)c1cc(C)n(-c2ccc(S(N)(=O)=O)cc2)c1C. The second kappa shape index (κ2) is 8.06. The summed E-state index contributed by atoms with van der Waals surface area (Å²) in [6.45, 7) is 6.94. The highest BCUT2D eigenvalue weighted by atomic mass is 32.2. The molecule has 0 saturated heterocycles. The quantitative estimate of drug-likeness (QED) is 0.575. The van der Waals surface area contributed by atoms with E-state index in [0.717, 1.165) is 5.69 Å². The summed E-state index contributed by atoms with van der Waals surface area (Å²) in [6, 6.07) is 7.80. The Bertz CT molecular complexity index is 959. The first-order chi connectivity index (χ1) is 12.6. The van der Waals surface area contributed by atoms with E-state index < -0.39 is 16.0 Å². The van der Waals surface area contributed by atoms with E-state index >= 15 is 0 Å². The Morgan fingerprint density at radius 2 is 1.78 bits per heavy atom. The molecule has 0 saturated carbocycles. The van der Waals surface area contributed by atoms with Crippen molar-refractivity contribution in [2.75, 3.05) is 6.61 Å². The molecule has 2 aromatic rings. The second-order valence-corrected chi connectivity index (χ2v) is 8.06. The molecule has 2 N–H and O–H groups in total. The van der Waals surface area contributed by atoms with Gasteiger partial charge in [-0.25, -0.2) is 13.6 Å². The van der Waals surface area contributed by atoms with E-state index in [1.165, 1.54) is 12.1 Å². The van der Waals surface area contributed by atoms with Crippen LogP contribution in [-0.2, 0) is 19.6 Å². The van der Waals surface area contributed by atoms with Gasteiger partial charge in [0.1, 0.15) is 0 Å². The first kappa shape index (κ1) is 20.9. The number of nitrogens with zero attached hydrogens (tertiary/aromatic N) is 1. The van der Waals surface area contributed by atoms with Gasteiger partial charge in [-0.2, -0.15) is 0 Å². The highest BCUT2D eigenvalue weighted by molar-refractivity contribution is 7.89.